The summed E-state index contributed by atoms with van der Waals surface area (Å²) in [5.74, 6) is 0.388. The number of sulfonamides is 1. The van der Waals surface area contributed by atoms with Crippen molar-refractivity contribution in [3.8, 4) is 5.75 Å². The molecular formula is C11H16N2O4S. The summed E-state index contributed by atoms with van der Waals surface area (Å²) in [6.07, 6.45) is 1.62. The second-order valence-corrected chi connectivity index (χ2v) is 5.96. The van der Waals surface area contributed by atoms with Crippen molar-refractivity contribution in [1.82, 2.24) is 4.47 Å². The van der Waals surface area contributed by atoms with Crippen molar-refractivity contribution in [3.63, 3.8) is 0 Å². The van der Waals surface area contributed by atoms with E-state index in [9.17, 15) is 8.42 Å². The van der Waals surface area contributed by atoms with Crippen LogP contribution in [-0.4, -0.2) is 33.7 Å². The quantitative estimate of drug-likeness (QED) is 0.649. The molecule has 100 valence electrons. The van der Waals surface area contributed by atoms with E-state index in [0.29, 0.717) is 18.0 Å². The van der Waals surface area contributed by atoms with Gasteiger partial charge in [0, 0.05) is 12.7 Å². The first-order chi connectivity index (χ1) is 8.46. The van der Waals surface area contributed by atoms with Gasteiger partial charge in [0.15, 0.2) is 0 Å². The number of rotatable bonds is 3. The second kappa shape index (κ2) is 4.75. The third kappa shape index (κ3) is 2.16. The van der Waals surface area contributed by atoms with E-state index in [1.54, 1.807) is 6.07 Å². The highest BCUT2D eigenvalue weighted by Gasteiger charge is 2.28. The van der Waals surface area contributed by atoms with Crippen LogP contribution >= 0.6 is 0 Å². The highest BCUT2D eigenvalue weighted by Crippen LogP contribution is 2.35. The summed E-state index contributed by atoms with van der Waals surface area (Å²) < 4.78 is 30.8. The lowest BCUT2D eigenvalue weighted by molar-refractivity contribution is -0.0260. The summed E-state index contributed by atoms with van der Waals surface area (Å²) in [4.78, 5) is 4.81. The molecule has 0 aliphatic carbocycles. The SMILES string of the molecule is CON(C)S(=O)(=O)c1cc(N)cc2c1OCCC2. The van der Waals surface area contributed by atoms with Gasteiger partial charge in [0.2, 0.25) is 0 Å². The van der Waals surface area contributed by atoms with Gasteiger partial charge in [-0.3, -0.25) is 4.84 Å². The summed E-state index contributed by atoms with van der Waals surface area (Å²) in [7, 11) is -1.13. The molecule has 18 heavy (non-hydrogen) atoms. The van der Waals surface area contributed by atoms with Crippen molar-refractivity contribution in [1.29, 1.82) is 0 Å². The maximum absolute atomic E-state index is 12.3. The smallest absolute Gasteiger partial charge is 0.268 e. The number of benzene rings is 1. The van der Waals surface area contributed by atoms with E-state index in [4.69, 9.17) is 15.3 Å². The molecule has 0 aromatic heterocycles. The number of nitrogens with two attached hydrogens (primary N) is 1. The van der Waals surface area contributed by atoms with Crippen LogP contribution in [0.2, 0.25) is 0 Å². The predicted octanol–water partition coefficient (Wildman–Crippen LogP) is 0.776. The highest BCUT2D eigenvalue weighted by molar-refractivity contribution is 7.89. The number of nitrogen functional groups attached to an aromatic ring is 1. The van der Waals surface area contributed by atoms with Crippen LogP contribution in [0.25, 0.3) is 0 Å². The van der Waals surface area contributed by atoms with Crippen LogP contribution in [0.4, 0.5) is 5.69 Å². The van der Waals surface area contributed by atoms with Crippen molar-refractivity contribution in [3.05, 3.63) is 17.7 Å². The number of aryl methyl sites for hydroxylation is 1. The topological polar surface area (TPSA) is 81.9 Å². The first-order valence-corrected chi connectivity index (χ1v) is 6.99. The molecule has 1 heterocycles. The summed E-state index contributed by atoms with van der Waals surface area (Å²) in [6.45, 7) is 0.510. The Bertz CT molecular complexity index is 556. The molecule has 0 radical (unpaired) electrons. The number of nitrogens with zero attached hydrogens (tertiary/aromatic N) is 1. The average molecular weight is 272 g/mol. The van der Waals surface area contributed by atoms with Gasteiger partial charge in [-0.1, -0.05) is 4.47 Å². The molecule has 1 aromatic rings. The lowest BCUT2D eigenvalue weighted by Crippen LogP contribution is -2.27. The molecule has 2 N–H and O–H groups in total. The van der Waals surface area contributed by atoms with Gasteiger partial charge in [-0.2, -0.15) is 0 Å². The van der Waals surface area contributed by atoms with Crippen LogP contribution < -0.4 is 10.5 Å². The van der Waals surface area contributed by atoms with Crippen LogP contribution in [-0.2, 0) is 21.3 Å². The standard InChI is InChI=1S/C11H16N2O4S/c1-13(16-2)18(14,15)10-7-9(12)6-8-4-3-5-17-11(8)10/h6-7H,3-5,12H2,1-2H3. The van der Waals surface area contributed by atoms with Gasteiger partial charge < -0.3 is 10.5 Å². The van der Waals surface area contributed by atoms with Crippen molar-refractivity contribution in [2.45, 2.75) is 17.7 Å². The number of anilines is 1. The molecular weight excluding hydrogens is 256 g/mol. The van der Waals surface area contributed by atoms with E-state index in [2.05, 4.69) is 0 Å². The Morgan fingerprint density at radius 2 is 2.17 bits per heavy atom. The summed E-state index contributed by atoms with van der Waals surface area (Å²) in [5.41, 5.74) is 6.97. The zero-order valence-corrected chi connectivity index (χ0v) is 11.2. The molecule has 1 aliphatic rings. The summed E-state index contributed by atoms with van der Waals surface area (Å²) in [5, 5.41) is 0. The normalized spacial score (nSPS) is 15.3. The number of hydroxylamine groups is 1. The van der Waals surface area contributed by atoms with Crippen LogP contribution in [0.3, 0.4) is 0 Å². The molecule has 0 atom stereocenters. The monoisotopic (exact) mass is 272 g/mol. The van der Waals surface area contributed by atoms with Crippen molar-refractivity contribution in [2.75, 3.05) is 26.5 Å². The Balaban J connectivity index is 2.60. The van der Waals surface area contributed by atoms with Crippen molar-refractivity contribution >= 4 is 15.7 Å². The second-order valence-electron chi connectivity index (χ2n) is 4.06. The van der Waals surface area contributed by atoms with E-state index in [1.165, 1.54) is 20.2 Å². The molecule has 7 heteroatoms. The van der Waals surface area contributed by atoms with E-state index < -0.39 is 10.0 Å². The van der Waals surface area contributed by atoms with Crippen LogP contribution in [0.5, 0.6) is 5.75 Å². The fourth-order valence-corrected chi connectivity index (χ4v) is 3.08. The Morgan fingerprint density at radius 1 is 1.44 bits per heavy atom. The van der Waals surface area contributed by atoms with Gasteiger partial charge in [-0.25, -0.2) is 8.42 Å². The van der Waals surface area contributed by atoms with Crippen LogP contribution in [0.15, 0.2) is 17.0 Å². The lowest BCUT2D eigenvalue weighted by Gasteiger charge is -2.23. The summed E-state index contributed by atoms with van der Waals surface area (Å²) in [6, 6.07) is 3.15. The minimum Gasteiger partial charge on any atom is -0.492 e. The molecule has 0 amide bonds. The maximum Gasteiger partial charge on any atom is 0.268 e. The van der Waals surface area contributed by atoms with Gasteiger partial charge in [-0.05, 0) is 30.5 Å². The molecule has 0 spiro atoms. The van der Waals surface area contributed by atoms with Gasteiger partial charge in [0.05, 0.1) is 13.7 Å². The maximum atomic E-state index is 12.3. The lowest BCUT2D eigenvalue weighted by atomic mass is 10.1. The molecule has 6 nitrogen and oxygen atoms in total. The number of hydrogen-bond acceptors (Lipinski definition) is 5. The summed E-state index contributed by atoms with van der Waals surface area (Å²) >= 11 is 0. The Hall–Kier alpha value is -1.31. The molecule has 0 bridgehead atoms. The number of fused-ring (bicyclic) bond motifs is 1. The molecule has 2 rings (SSSR count). The fraction of sp³-hybridized carbons (Fsp3) is 0.455. The van der Waals surface area contributed by atoms with Crippen molar-refractivity contribution < 1.29 is 18.0 Å². The van der Waals surface area contributed by atoms with Gasteiger partial charge >= 0.3 is 0 Å². The highest BCUT2D eigenvalue weighted by atomic mass is 32.2. The Labute approximate surface area is 106 Å². The molecule has 0 fully saturated rings. The van der Waals surface area contributed by atoms with Gasteiger partial charge in [0.1, 0.15) is 10.6 Å². The minimum absolute atomic E-state index is 0.0570. The largest absolute Gasteiger partial charge is 0.492 e. The Morgan fingerprint density at radius 3 is 2.83 bits per heavy atom. The van der Waals surface area contributed by atoms with E-state index in [-0.39, 0.29) is 4.90 Å². The number of ether oxygens (including phenoxy) is 1. The van der Waals surface area contributed by atoms with Gasteiger partial charge in [-0.15, -0.1) is 0 Å². The molecule has 0 saturated carbocycles. The first-order valence-electron chi connectivity index (χ1n) is 5.55. The Kier molecular flexibility index (Phi) is 3.47. The zero-order valence-electron chi connectivity index (χ0n) is 10.3. The van der Waals surface area contributed by atoms with Crippen LogP contribution in [0.1, 0.15) is 12.0 Å². The van der Waals surface area contributed by atoms with Crippen molar-refractivity contribution in [2.24, 2.45) is 0 Å². The van der Waals surface area contributed by atoms with E-state index in [0.717, 1.165) is 22.9 Å². The average Bonchev–Trinajstić information content (AvgIpc) is 2.36. The van der Waals surface area contributed by atoms with E-state index >= 15 is 0 Å². The third-order valence-electron chi connectivity index (χ3n) is 2.86. The number of hydrogen-bond donors (Lipinski definition) is 1. The molecule has 0 unspecified atom stereocenters. The first kappa shape index (κ1) is 13.1. The molecule has 1 aliphatic heterocycles. The van der Waals surface area contributed by atoms with Crippen LogP contribution in [0, 0.1) is 0 Å². The van der Waals surface area contributed by atoms with Gasteiger partial charge in [0.25, 0.3) is 10.0 Å². The zero-order chi connectivity index (χ0) is 13.3. The minimum atomic E-state index is -3.75. The third-order valence-corrected chi connectivity index (χ3v) is 4.55. The predicted molar refractivity (Wildman–Crippen MR) is 66.6 cm³/mol. The molecule has 0 saturated heterocycles. The van der Waals surface area contributed by atoms with E-state index in [1.807, 2.05) is 0 Å². The molecule has 1 aromatic carbocycles. The fourth-order valence-electron chi connectivity index (χ4n) is 1.90.